The number of likely N-dealkylation sites (tertiary alicyclic amines) is 1. The first-order chi connectivity index (χ1) is 14.9. The third-order valence-electron chi connectivity index (χ3n) is 6.86. The highest BCUT2D eigenvalue weighted by molar-refractivity contribution is 7.88. The summed E-state index contributed by atoms with van der Waals surface area (Å²) in [4.78, 5) is 14.8. The lowest BCUT2D eigenvalue weighted by Gasteiger charge is -2.44. The molecule has 31 heavy (non-hydrogen) atoms. The van der Waals surface area contributed by atoms with Crippen LogP contribution < -0.4 is 4.72 Å². The third-order valence-corrected chi connectivity index (χ3v) is 7.59. The van der Waals surface area contributed by atoms with Crippen LogP contribution in [0.3, 0.4) is 0 Å². The van der Waals surface area contributed by atoms with Crippen LogP contribution in [0.5, 0.6) is 0 Å². The fourth-order valence-electron chi connectivity index (χ4n) is 5.08. The summed E-state index contributed by atoms with van der Waals surface area (Å²) in [6.07, 6.45) is 6.99. The molecule has 1 N–H and O–H groups in total. The van der Waals surface area contributed by atoms with Crippen LogP contribution >= 0.6 is 0 Å². The summed E-state index contributed by atoms with van der Waals surface area (Å²) in [5.74, 6) is 0.528. The van der Waals surface area contributed by atoms with Crippen molar-refractivity contribution in [3.8, 4) is 0 Å². The maximum atomic E-state index is 13.0. The van der Waals surface area contributed by atoms with Crippen molar-refractivity contribution in [3.63, 3.8) is 0 Å². The first-order valence-corrected chi connectivity index (χ1v) is 13.3. The van der Waals surface area contributed by atoms with Gasteiger partial charge in [0.1, 0.15) is 0 Å². The molecule has 1 aromatic carbocycles. The lowest BCUT2D eigenvalue weighted by Crippen LogP contribution is -2.61. The third kappa shape index (κ3) is 5.86. The minimum Gasteiger partial charge on any atom is -0.380 e. The first kappa shape index (κ1) is 22.7. The number of hydrogen-bond acceptors (Lipinski definition) is 5. The zero-order valence-corrected chi connectivity index (χ0v) is 19.1. The summed E-state index contributed by atoms with van der Waals surface area (Å²) in [6.45, 7) is 1.92. The Labute approximate surface area is 185 Å². The molecule has 7 nitrogen and oxygen atoms in total. The summed E-state index contributed by atoms with van der Waals surface area (Å²) in [5, 5.41) is 0. The Hall–Kier alpha value is -1.48. The molecular formula is C23H34N2O5S. The van der Waals surface area contributed by atoms with Crippen LogP contribution in [0.1, 0.15) is 50.0 Å². The van der Waals surface area contributed by atoms with E-state index in [1.807, 2.05) is 11.0 Å². The van der Waals surface area contributed by atoms with Crippen molar-refractivity contribution < 1.29 is 22.7 Å². The van der Waals surface area contributed by atoms with Crippen molar-refractivity contribution in [1.82, 2.24) is 9.62 Å². The highest BCUT2D eigenvalue weighted by Crippen LogP contribution is 2.34. The molecule has 4 rings (SSSR count). The molecule has 1 aromatic rings. The average molecular weight is 451 g/mol. The van der Waals surface area contributed by atoms with Crippen LogP contribution in [0.25, 0.3) is 0 Å². The Morgan fingerprint density at radius 3 is 2.45 bits per heavy atom. The van der Waals surface area contributed by atoms with Gasteiger partial charge in [-0.15, -0.1) is 0 Å². The number of carbonyl (C=O) groups excluding carboxylic acids is 1. The van der Waals surface area contributed by atoms with Gasteiger partial charge in [0.25, 0.3) is 0 Å². The van der Waals surface area contributed by atoms with Gasteiger partial charge in [0.2, 0.25) is 15.9 Å². The van der Waals surface area contributed by atoms with E-state index in [1.165, 1.54) is 11.8 Å². The van der Waals surface area contributed by atoms with Crippen LogP contribution in [-0.4, -0.2) is 70.0 Å². The summed E-state index contributed by atoms with van der Waals surface area (Å²) in [5.41, 5.74) is 1.39. The lowest BCUT2D eigenvalue weighted by atomic mass is 9.83. The molecule has 2 saturated heterocycles. The van der Waals surface area contributed by atoms with E-state index in [1.54, 1.807) is 0 Å². The quantitative estimate of drug-likeness (QED) is 0.689. The fraction of sp³-hybridized carbons (Fsp3) is 0.696. The van der Waals surface area contributed by atoms with Crippen LogP contribution in [0, 0.1) is 5.92 Å². The standard InChI is InChI=1S/C23H34N2O5S/c1-31(27,28)24-21-8-5-13-25(23(26)19-14-29-15-19)22(21)16-30-20-11-9-18(10-12-20)17-6-3-2-4-7-17/h2-4,6-7,18-22,24H,5,8-16H2,1H3/t18-,20+,21-,22-/m1/s1. The zero-order chi connectivity index (χ0) is 21.8. The molecule has 0 unspecified atom stereocenters. The molecule has 1 amide bonds. The molecule has 3 fully saturated rings. The van der Waals surface area contributed by atoms with Crippen LogP contribution in [-0.2, 0) is 24.3 Å². The van der Waals surface area contributed by atoms with Gasteiger partial charge >= 0.3 is 0 Å². The Bertz CT molecular complexity index is 835. The molecule has 0 bridgehead atoms. The Kier molecular flexibility index (Phi) is 7.31. The predicted molar refractivity (Wildman–Crippen MR) is 118 cm³/mol. The van der Waals surface area contributed by atoms with E-state index in [2.05, 4.69) is 29.0 Å². The molecular weight excluding hydrogens is 416 g/mol. The number of carbonyl (C=O) groups is 1. The normalized spacial score (nSPS) is 30.0. The molecule has 0 radical (unpaired) electrons. The molecule has 2 aliphatic heterocycles. The largest absolute Gasteiger partial charge is 0.380 e. The predicted octanol–water partition coefficient (Wildman–Crippen LogP) is 2.28. The monoisotopic (exact) mass is 450 g/mol. The van der Waals surface area contributed by atoms with E-state index in [-0.39, 0.29) is 30.0 Å². The number of sulfonamides is 1. The first-order valence-electron chi connectivity index (χ1n) is 11.4. The van der Waals surface area contributed by atoms with Crippen molar-refractivity contribution in [2.24, 2.45) is 5.92 Å². The number of hydrogen-bond donors (Lipinski definition) is 1. The van der Waals surface area contributed by atoms with Crippen molar-refractivity contribution in [3.05, 3.63) is 35.9 Å². The van der Waals surface area contributed by atoms with E-state index in [4.69, 9.17) is 9.47 Å². The summed E-state index contributed by atoms with van der Waals surface area (Å²) in [7, 11) is -3.37. The van der Waals surface area contributed by atoms with Gasteiger partial charge in [-0.25, -0.2) is 13.1 Å². The number of nitrogens with one attached hydrogen (secondary N) is 1. The molecule has 2 heterocycles. The SMILES string of the molecule is CS(=O)(=O)N[C@@H]1CCCN(C(=O)C2COC2)[C@@H]1CO[C@H]1CC[C@@H](c2ccccc2)CC1. The van der Waals surface area contributed by atoms with Gasteiger partial charge in [0, 0.05) is 12.6 Å². The van der Waals surface area contributed by atoms with E-state index in [9.17, 15) is 13.2 Å². The molecule has 0 aromatic heterocycles. The highest BCUT2D eigenvalue weighted by atomic mass is 32.2. The van der Waals surface area contributed by atoms with Crippen molar-refractivity contribution in [1.29, 1.82) is 0 Å². The number of piperidine rings is 1. The van der Waals surface area contributed by atoms with E-state index >= 15 is 0 Å². The minimum atomic E-state index is -3.37. The zero-order valence-electron chi connectivity index (χ0n) is 18.2. The number of ether oxygens (including phenoxy) is 2. The molecule has 8 heteroatoms. The molecule has 0 spiro atoms. The van der Waals surface area contributed by atoms with E-state index in [0.717, 1.165) is 32.1 Å². The fourth-order valence-corrected chi connectivity index (χ4v) is 5.91. The molecule has 2 atom stereocenters. The van der Waals surface area contributed by atoms with Gasteiger partial charge in [0.05, 0.1) is 44.1 Å². The summed E-state index contributed by atoms with van der Waals surface area (Å²) < 4.78 is 38.1. The smallest absolute Gasteiger partial charge is 0.230 e. The van der Waals surface area contributed by atoms with Crippen LogP contribution in [0.4, 0.5) is 0 Å². The summed E-state index contributed by atoms with van der Waals surface area (Å²) >= 11 is 0. The van der Waals surface area contributed by atoms with Gasteiger partial charge in [-0.1, -0.05) is 30.3 Å². The molecule has 1 saturated carbocycles. The summed E-state index contributed by atoms with van der Waals surface area (Å²) in [6, 6.07) is 10.0. The number of amides is 1. The van der Waals surface area contributed by atoms with Crippen molar-refractivity contribution in [2.75, 3.05) is 32.6 Å². The second-order valence-electron chi connectivity index (χ2n) is 9.19. The van der Waals surface area contributed by atoms with E-state index in [0.29, 0.717) is 38.7 Å². The second-order valence-corrected chi connectivity index (χ2v) is 11.0. The van der Waals surface area contributed by atoms with E-state index < -0.39 is 10.0 Å². The Morgan fingerprint density at radius 1 is 1.13 bits per heavy atom. The van der Waals surface area contributed by atoms with Crippen LogP contribution in [0.15, 0.2) is 30.3 Å². The maximum absolute atomic E-state index is 13.0. The van der Waals surface area contributed by atoms with Gasteiger partial charge in [0.15, 0.2) is 0 Å². The lowest BCUT2D eigenvalue weighted by molar-refractivity contribution is -0.156. The molecule has 172 valence electrons. The number of benzene rings is 1. The van der Waals surface area contributed by atoms with Crippen molar-refractivity contribution in [2.45, 2.75) is 62.6 Å². The average Bonchev–Trinajstić information content (AvgIpc) is 2.71. The van der Waals surface area contributed by atoms with Gasteiger partial charge in [-0.05, 0) is 50.0 Å². The minimum absolute atomic E-state index is 0.0626. The van der Waals surface area contributed by atoms with Gasteiger partial charge < -0.3 is 14.4 Å². The maximum Gasteiger partial charge on any atom is 0.230 e. The van der Waals surface area contributed by atoms with Crippen molar-refractivity contribution >= 4 is 15.9 Å². The van der Waals surface area contributed by atoms with Gasteiger partial charge in [-0.2, -0.15) is 0 Å². The molecule has 1 aliphatic carbocycles. The topological polar surface area (TPSA) is 84.9 Å². The number of rotatable bonds is 7. The van der Waals surface area contributed by atoms with Crippen LogP contribution in [0.2, 0.25) is 0 Å². The molecule has 3 aliphatic rings. The Balaban J connectivity index is 1.37. The Morgan fingerprint density at radius 2 is 1.84 bits per heavy atom. The number of nitrogens with zero attached hydrogens (tertiary/aromatic N) is 1. The second kappa shape index (κ2) is 9.98. The highest BCUT2D eigenvalue weighted by Gasteiger charge is 2.40. The van der Waals surface area contributed by atoms with Gasteiger partial charge in [-0.3, -0.25) is 4.79 Å².